The first-order valence-electron chi connectivity index (χ1n) is 4.82. The minimum absolute atomic E-state index is 0.0512. The molecule has 1 rings (SSSR count). The molecule has 0 atom stereocenters. The summed E-state index contributed by atoms with van der Waals surface area (Å²) in [6.07, 6.45) is 1.20. The van der Waals surface area contributed by atoms with Gasteiger partial charge >= 0.3 is 5.97 Å². The number of methoxy groups -OCH3 is 1. The summed E-state index contributed by atoms with van der Waals surface area (Å²) in [4.78, 5) is 10.4. The second-order valence-corrected chi connectivity index (χ2v) is 4.19. The molecule has 0 aliphatic rings. The predicted molar refractivity (Wildman–Crippen MR) is 62.9 cm³/mol. The predicted octanol–water partition coefficient (Wildman–Crippen LogP) is 2.57. The highest BCUT2D eigenvalue weighted by atomic mass is 79.9. The Morgan fingerprint density at radius 3 is 2.75 bits per heavy atom. The molecule has 0 fully saturated rings. The van der Waals surface area contributed by atoms with Crippen LogP contribution in [0.25, 0.3) is 0 Å². The van der Waals surface area contributed by atoms with Crippen LogP contribution in [0, 0.1) is 0 Å². The molecular weight excluding hydrogens is 276 g/mol. The molecule has 0 heterocycles. The smallest absolute Gasteiger partial charge is 0.303 e. The molecule has 0 unspecified atom stereocenters. The van der Waals surface area contributed by atoms with Gasteiger partial charge in [-0.2, -0.15) is 0 Å². The van der Waals surface area contributed by atoms with Crippen molar-refractivity contribution in [3.63, 3.8) is 0 Å². The summed E-state index contributed by atoms with van der Waals surface area (Å²) >= 11 is 3.19. The van der Waals surface area contributed by atoms with Crippen LogP contribution in [-0.4, -0.2) is 23.3 Å². The van der Waals surface area contributed by atoms with Crippen LogP contribution in [0.3, 0.4) is 0 Å². The molecule has 0 saturated heterocycles. The van der Waals surface area contributed by atoms with Crippen LogP contribution < -0.4 is 4.74 Å². The average molecular weight is 289 g/mol. The monoisotopic (exact) mass is 288 g/mol. The number of halogens is 1. The Balaban J connectivity index is 2.79. The number of carboxylic acids is 1. The van der Waals surface area contributed by atoms with Gasteiger partial charge in [0.2, 0.25) is 0 Å². The van der Waals surface area contributed by atoms with E-state index in [0.29, 0.717) is 23.1 Å². The SMILES string of the molecule is COc1c(CCCC(=O)O)ccc(Br)c1O. The van der Waals surface area contributed by atoms with Crippen molar-refractivity contribution in [3.8, 4) is 11.5 Å². The number of rotatable bonds is 5. The highest BCUT2D eigenvalue weighted by Crippen LogP contribution is 2.37. The van der Waals surface area contributed by atoms with E-state index in [1.54, 1.807) is 6.07 Å². The lowest BCUT2D eigenvalue weighted by Crippen LogP contribution is -1.98. The van der Waals surface area contributed by atoms with E-state index in [0.717, 1.165) is 5.56 Å². The fourth-order valence-corrected chi connectivity index (χ4v) is 1.76. The number of hydrogen-bond acceptors (Lipinski definition) is 3. The lowest BCUT2D eigenvalue weighted by Gasteiger charge is -2.10. The third kappa shape index (κ3) is 3.13. The van der Waals surface area contributed by atoms with Crippen LogP contribution in [0.15, 0.2) is 16.6 Å². The van der Waals surface area contributed by atoms with Gasteiger partial charge in [0.1, 0.15) is 0 Å². The topological polar surface area (TPSA) is 66.8 Å². The zero-order valence-corrected chi connectivity index (χ0v) is 10.5. The standard InChI is InChI=1S/C11H13BrO4/c1-16-11-7(3-2-4-9(13)14)5-6-8(12)10(11)15/h5-6,15H,2-4H2,1H3,(H,13,14). The van der Waals surface area contributed by atoms with Crippen LogP contribution in [0.1, 0.15) is 18.4 Å². The van der Waals surface area contributed by atoms with E-state index in [9.17, 15) is 9.90 Å². The molecule has 1 aromatic carbocycles. The number of carbonyl (C=O) groups is 1. The molecule has 0 aliphatic heterocycles. The van der Waals surface area contributed by atoms with Crippen molar-refractivity contribution in [3.05, 3.63) is 22.2 Å². The minimum Gasteiger partial charge on any atom is -0.503 e. The Morgan fingerprint density at radius 2 is 2.19 bits per heavy atom. The average Bonchev–Trinajstić information content (AvgIpc) is 2.23. The molecule has 0 saturated carbocycles. The Hall–Kier alpha value is -1.23. The molecule has 1 aromatic rings. The normalized spacial score (nSPS) is 10.1. The first kappa shape index (κ1) is 12.8. The lowest BCUT2D eigenvalue weighted by molar-refractivity contribution is -0.137. The van der Waals surface area contributed by atoms with E-state index >= 15 is 0 Å². The van der Waals surface area contributed by atoms with Gasteiger partial charge in [-0.05, 0) is 40.4 Å². The van der Waals surface area contributed by atoms with E-state index in [1.807, 2.05) is 6.07 Å². The molecule has 16 heavy (non-hydrogen) atoms. The van der Waals surface area contributed by atoms with E-state index < -0.39 is 5.97 Å². The quantitative estimate of drug-likeness (QED) is 0.874. The van der Waals surface area contributed by atoms with Crippen molar-refractivity contribution >= 4 is 21.9 Å². The Kier molecular flexibility index (Phi) is 4.61. The fraction of sp³-hybridized carbons (Fsp3) is 0.364. The minimum atomic E-state index is -0.819. The number of aryl methyl sites for hydroxylation is 1. The van der Waals surface area contributed by atoms with Crippen molar-refractivity contribution in [2.24, 2.45) is 0 Å². The molecule has 0 aromatic heterocycles. The molecule has 5 heteroatoms. The van der Waals surface area contributed by atoms with Gasteiger partial charge in [-0.3, -0.25) is 4.79 Å². The molecule has 0 spiro atoms. The van der Waals surface area contributed by atoms with Crippen molar-refractivity contribution in [2.45, 2.75) is 19.3 Å². The first-order valence-corrected chi connectivity index (χ1v) is 5.61. The van der Waals surface area contributed by atoms with Gasteiger partial charge in [-0.15, -0.1) is 0 Å². The number of aliphatic carboxylic acids is 1. The van der Waals surface area contributed by atoms with Crippen molar-refractivity contribution < 1.29 is 19.7 Å². The third-order valence-corrected chi connectivity index (χ3v) is 2.84. The molecule has 0 amide bonds. The summed E-state index contributed by atoms with van der Waals surface area (Å²) in [7, 11) is 1.47. The third-order valence-electron chi connectivity index (χ3n) is 2.20. The van der Waals surface area contributed by atoms with Crippen LogP contribution in [0.4, 0.5) is 0 Å². The van der Waals surface area contributed by atoms with E-state index in [4.69, 9.17) is 9.84 Å². The second kappa shape index (κ2) is 5.75. The molecule has 4 nitrogen and oxygen atoms in total. The summed E-state index contributed by atoms with van der Waals surface area (Å²) in [5.74, 6) is -0.365. The van der Waals surface area contributed by atoms with Crippen molar-refractivity contribution in [1.82, 2.24) is 0 Å². The molecule has 0 aliphatic carbocycles. The zero-order chi connectivity index (χ0) is 12.1. The van der Waals surface area contributed by atoms with Gasteiger partial charge in [0, 0.05) is 6.42 Å². The summed E-state index contributed by atoms with van der Waals surface area (Å²) in [6.45, 7) is 0. The van der Waals surface area contributed by atoms with Crippen LogP contribution in [-0.2, 0) is 11.2 Å². The van der Waals surface area contributed by atoms with Gasteiger partial charge in [-0.25, -0.2) is 0 Å². The maximum absolute atomic E-state index is 10.4. The van der Waals surface area contributed by atoms with Crippen LogP contribution in [0.5, 0.6) is 11.5 Å². The Labute approximate surface area is 102 Å². The van der Waals surface area contributed by atoms with E-state index in [-0.39, 0.29) is 12.2 Å². The molecule has 88 valence electrons. The number of phenols is 1. The number of benzene rings is 1. The maximum atomic E-state index is 10.4. The van der Waals surface area contributed by atoms with Crippen LogP contribution in [0.2, 0.25) is 0 Å². The number of carboxylic acid groups (broad SMARTS) is 1. The second-order valence-electron chi connectivity index (χ2n) is 3.34. The highest BCUT2D eigenvalue weighted by molar-refractivity contribution is 9.10. The highest BCUT2D eigenvalue weighted by Gasteiger charge is 2.11. The summed E-state index contributed by atoms with van der Waals surface area (Å²) in [6, 6.07) is 3.53. The Morgan fingerprint density at radius 1 is 1.50 bits per heavy atom. The number of aromatic hydroxyl groups is 1. The zero-order valence-electron chi connectivity index (χ0n) is 8.86. The maximum Gasteiger partial charge on any atom is 0.303 e. The van der Waals surface area contributed by atoms with Gasteiger partial charge in [0.05, 0.1) is 11.6 Å². The number of ether oxygens (including phenoxy) is 1. The molecule has 0 bridgehead atoms. The first-order chi connectivity index (χ1) is 7.56. The summed E-state index contributed by atoms with van der Waals surface area (Å²) in [5.41, 5.74) is 0.810. The van der Waals surface area contributed by atoms with E-state index in [2.05, 4.69) is 15.9 Å². The van der Waals surface area contributed by atoms with Gasteiger partial charge < -0.3 is 14.9 Å². The number of phenolic OH excluding ortho intramolecular Hbond substituents is 1. The summed E-state index contributed by atoms with van der Waals surface area (Å²) < 4.78 is 5.65. The fourth-order valence-electron chi connectivity index (χ4n) is 1.44. The van der Waals surface area contributed by atoms with Gasteiger partial charge in [0.15, 0.2) is 11.5 Å². The van der Waals surface area contributed by atoms with Gasteiger partial charge in [-0.1, -0.05) is 6.07 Å². The number of hydrogen-bond donors (Lipinski definition) is 2. The molecule has 0 radical (unpaired) electrons. The largest absolute Gasteiger partial charge is 0.503 e. The molecular formula is C11H13BrO4. The molecule has 2 N–H and O–H groups in total. The van der Waals surface area contributed by atoms with Crippen molar-refractivity contribution in [1.29, 1.82) is 0 Å². The summed E-state index contributed by atoms with van der Waals surface area (Å²) in [5, 5.41) is 18.2. The lowest BCUT2D eigenvalue weighted by atomic mass is 10.1. The van der Waals surface area contributed by atoms with Crippen LogP contribution >= 0.6 is 15.9 Å². The van der Waals surface area contributed by atoms with Gasteiger partial charge in [0.25, 0.3) is 0 Å². The van der Waals surface area contributed by atoms with Crippen molar-refractivity contribution in [2.75, 3.05) is 7.11 Å². The van der Waals surface area contributed by atoms with E-state index in [1.165, 1.54) is 7.11 Å². The Bertz CT molecular complexity index is 390.